The van der Waals surface area contributed by atoms with E-state index in [1.807, 2.05) is 12.1 Å². The third-order valence-corrected chi connectivity index (χ3v) is 4.80. The third-order valence-electron chi connectivity index (χ3n) is 3.18. The molecule has 0 atom stereocenters. The summed E-state index contributed by atoms with van der Waals surface area (Å²) in [6, 6.07) is 3.95. The van der Waals surface area contributed by atoms with Crippen molar-refractivity contribution in [2.45, 2.75) is 25.5 Å². The normalized spacial score (nSPS) is 18.0. The Bertz CT molecular complexity index is 549. The number of aliphatic hydroxyl groups excluding tert-OH is 1. The number of hydrogen-bond acceptors (Lipinski definition) is 6. The molecule has 0 spiro atoms. The van der Waals surface area contributed by atoms with Crippen LogP contribution in [0.3, 0.4) is 0 Å². The fourth-order valence-electron chi connectivity index (χ4n) is 2.12. The number of aromatic nitrogens is 2. The molecule has 0 aromatic carbocycles. The predicted molar refractivity (Wildman–Crippen MR) is 75.8 cm³/mol. The summed E-state index contributed by atoms with van der Waals surface area (Å²) in [5.41, 5.74) is 0. The number of nitrogens with zero attached hydrogens (tertiary/aromatic N) is 3. The maximum Gasteiger partial charge on any atom is 0.241 e. The molecule has 3 rings (SSSR count). The second kappa shape index (κ2) is 5.70. The highest BCUT2D eigenvalue weighted by Crippen LogP contribution is 2.29. The summed E-state index contributed by atoms with van der Waals surface area (Å²) in [7, 11) is 0. The fraction of sp³-hybridized carbons (Fsp3) is 0.500. The van der Waals surface area contributed by atoms with Crippen LogP contribution in [0.15, 0.2) is 20.4 Å². The highest BCUT2D eigenvalue weighted by Gasteiger charge is 2.19. The molecule has 1 aliphatic rings. The van der Waals surface area contributed by atoms with E-state index in [2.05, 4.69) is 31.0 Å². The fourth-order valence-corrected chi connectivity index (χ4v) is 3.43. The van der Waals surface area contributed by atoms with E-state index in [0.29, 0.717) is 18.3 Å². The first-order chi connectivity index (χ1) is 9.20. The van der Waals surface area contributed by atoms with Gasteiger partial charge in [0.1, 0.15) is 0 Å². The van der Waals surface area contributed by atoms with Gasteiger partial charge in [0.15, 0.2) is 0 Å². The Morgan fingerprint density at radius 1 is 1.42 bits per heavy atom. The number of piperidine rings is 1. The van der Waals surface area contributed by atoms with Crippen LogP contribution in [0.2, 0.25) is 0 Å². The van der Waals surface area contributed by atoms with Gasteiger partial charge in [0.05, 0.1) is 21.3 Å². The molecule has 0 saturated carbocycles. The van der Waals surface area contributed by atoms with E-state index >= 15 is 0 Å². The first kappa shape index (κ1) is 13.2. The minimum absolute atomic E-state index is 0.155. The van der Waals surface area contributed by atoms with Crippen LogP contribution in [0.5, 0.6) is 0 Å². The van der Waals surface area contributed by atoms with Crippen molar-refractivity contribution < 1.29 is 9.63 Å². The zero-order chi connectivity index (χ0) is 13.2. The smallest absolute Gasteiger partial charge is 0.241 e. The maximum atomic E-state index is 9.47. The molecule has 1 N–H and O–H groups in total. The molecule has 0 unspecified atom stereocenters. The van der Waals surface area contributed by atoms with Crippen LogP contribution >= 0.6 is 27.3 Å². The zero-order valence-corrected chi connectivity index (χ0v) is 12.7. The van der Waals surface area contributed by atoms with Gasteiger partial charge in [0.2, 0.25) is 11.7 Å². The van der Waals surface area contributed by atoms with Crippen molar-refractivity contribution in [1.29, 1.82) is 0 Å². The lowest BCUT2D eigenvalue weighted by atomic mass is 10.1. The molecule has 2 aromatic heterocycles. The molecule has 5 nitrogen and oxygen atoms in total. The van der Waals surface area contributed by atoms with Crippen LogP contribution in [0.25, 0.3) is 10.7 Å². The number of aliphatic hydroxyl groups is 1. The number of thiophene rings is 1. The van der Waals surface area contributed by atoms with Crippen molar-refractivity contribution in [2.75, 3.05) is 13.1 Å². The molecule has 7 heteroatoms. The van der Waals surface area contributed by atoms with Crippen molar-refractivity contribution in [3.63, 3.8) is 0 Å². The first-order valence-corrected chi connectivity index (χ1v) is 7.80. The summed E-state index contributed by atoms with van der Waals surface area (Å²) in [4.78, 5) is 7.64. The standard InChI is InChI=1S/C12H14BrN3O2S/c13-10-2-1-9(19-10)12-14-11(18-15-12)7-16-5-3-8(17)4-6-16/h1-2,8,17H,3-7H2. The molecular formula is C12H14BrN3O2S. The van der Waals surface area contributed by atoms with Crippen LogP contribution < -0.4 is 0 Å². The van der Waals surface area contributed by atoms with Gasteiger partial charge >= 0.3 is 0 Å². The van der Waals surface area contributed by atoms with E-state index in [0.717, 1.165) is 34.6 Å². The summed E-state index contributed by atoms with van der Waals surface area (Å²) in [6.07, 6.45) is 1.48. The minimum Gasteiger partial charge on any atom is -0.393 e. The van der Waals surface area contributed by atoms with Gasteiger partial charge in [0, 0.05) is 13.1 Å². The molecule has 1 aliphatic heterocycles. The van der Waals surface area contributed by atoms with Gasteiger partial charge in [-0.05, 0) is 40.9 Å². The molecule has 102 valence electrons. The van der Waals surface area contributed by atoms with Crippen LogP contribution in [-0.4, -0.2) is 39.3 Å². The van der Waals surface area contributed by atoms with Crippen molar-refractivity contribution in [3.8, 4) is 10.7 Å². The van der Waals surface area contributed by atoms with Crippen molar-refractivity contribution >= 4 is 27.3 Å². The van der Waals surface area contributed by atoms with E-state index in [1.54, 1.807) is 11.3 Å². The number of hydrogen-bond donors (Lipinski definition) is 1. The molecule has 0 aliphatic carbocycles. The van der Waals surface area contributed by atoms with Gasteiger partial charge in [-0.15, -0.1) is 11.3 Å². The number of halogens is 1. The van der Waals surface area contributed by atoms with Gasteiger partial charge < -0.3 is 9.63 Å². The van der Waals surface area contributed by atoms with E-state index in [9.17, 15) is 5.11 Å². The molecule has 0 bridgehead atoms. The van der Waals surface area contributed by atoms with E-state index in [4.69, 9.17) is 4.52 Å². The lowest BCUT2D eigenvalue weighted by molar-refractivity contribution is 0.0740. The summed E-state index contributed by atoms with van der Waals surface area (Å²) < 4.78 is 6.34. The molecule has 0 radical (unpaired) electrons. The molecule has 3 heterocycles. The van der Waals surface area contributed by atoms with Gasteiger partial charge in [-0.2, -0.15) is 4.98 Å². The predicted octanol–water partition coefficient (Wildman–Crippen LogP) is 2.52. The van der Waals surface area contributed by atoms with Crippen LogP contribution in [-0.2, 0) is 6.54 Å². The molecular weight excluding hydrogens is 330 g/mol. The van der Waals surface area contributed by atoms with Crippen LogP contribution in [0, 0.1) is 0 Å². The Hall–Kier alpha value is -0.760. The van der Waals surface area contributed by atoms with E-state index in [-0.39, 0.29) is 6.10 Å². The first-order valence-electron chi connectivity index (χ1n) is 6.19. The minimum atomic E-state index is -0.155. The van der Waals surface area contributed by atoms with E-state index in [1.165, 1.54) is 0 Å². The average Bonchev–Trinajstić information content (AvgIpc) is 3.01. The third kappa shape index (κ3) is 3.22. The van der Waals surface area contributed by atoms with Crippen molar-refractivity contribution in [2.24, 2.45) is 0 Å². The topological polar surface area (TPSA) is 62.4 Å². The number of rotatable bonds is 3. The Labute approximate surface area is 123 Å². The SMILES string of the molecule is OC1CCN(Cc2nc(-c3ccc(Br)s3)no2)CC1. The van der Waals surface area contributed by atoms with Crippen LogP contribution in [0.1, 0.15) is 18.7 Å². The molecule has 1 fully saturated rings. The Morgan fingerprint density at radius 2 is 2.21 bits per heavy atom. The van der Waals surface area contributed by atoms with Gasteiger partial charge in [-0.25, -0.2) is 0 Å². The molecule has 2 aromatic rings. The Morgan fingerprint density at radius 3 is 2.89 bits per heavy atom. The lowest BCUT2D eigenvalue weighted by Gasteiger charge is -2.27. The van der Waals surface area contributed by atoms with Gasteiger partial charge in [-0.3, -0.25) is 4.90 Å². The Kier molecular flexibility index (Phi) is 3.97. The highest BCUT2D eigenvalue weighted by atomic mass is 79.9. The number of likely N-dealkylation sites (tertiary alicyclic amines) is 1. The van der Waals surface area contributed by atoms with E-state index < -0.39 is 0 Å². The monoisotopic (exact) mass is 343 g/mol. The molecule has 19 heavy (non-hydrogen) atoms. The second-order valence-electron chi connectivity index (χ2n) is 4.62. The summed E-state index contributed by atoms with van der Waals surface area (Å²) in [5.74, 6) is 1.28. The van der Waals surface area contributed by atoms with Gasteiger partial charge in [-0.1, -0.05) is 5.16 Å². The largest absolute Gasteiger partial charge is 0.393 e. The quantitative estimate of drug-likeness (QED) is 0.927. The summed E-state index contributed by atoms with van der Waals surface area (Å²) in [6.45, 7) is 2.42. The molecule has 0 amide bonds. The lowest BCUT2D eigenvalue weighted by Crippen LogP contribution is -2.35. The average molecular weight is 344 g/mol. The summed E-state index contributed by atoms with van der Waals surface area (Å²) >= 11 is 5.01. The Balaban J connectivity index is 1.65. The van der Waals surface area contributed by atoms with Gasteiger partial charge in [0.25, 0.3) is 0 Å². The molecule has 1 saturated heterocycles. The highest BCUT2D eigenvalue weighted by molar-refractivity contribution is 9.11. The van der Waals surface area contributed by atoms with Crippen LogP contribution in [0.4, 0.5) is 0 Å². The summed E-state index contributed by atoms with van der Waals surface area (Å²) in [5, 5.41) is 13.5. The van der Waals surface area contributed by atoms with Crippen molar-refractivity contribution in [1.82, 2.24) is 15.0 Å². The zero-order valence-electron chi connectivity index (χ0n) is 10.3. The van der Waals surface area contributed by atoms with Crippen molar-refractivity contribution in [3.05, 3.63) is 21.8 Å². The maximum absolute atomic E-state index is 9.47. The second-order valence-corrected chi connectivity index (χ2v) is 7.09.